The zero-order chi connectivity index (χ0) is 21.3. The Hall–Kier alpha value is -2.57. The lowest BCUT2D eigenvalue weighted by molar-refractivity contribution is 0.0695. The number of pyridine rings is 1. The predicted molar refractivity (Wildman–Crippen MR) is 117 cm³/mol. The Morgan fingerprint density at radius 3 is 2.45 bits per heavy atom. The first-order valence-corrected chi connectivity index (χ1v) is 10.2. The number of halogens is 1. The molecule has 2 heterocycles. The smallest absolute Gasteiger partial charge is 0.341 e. The van der Waals surface area contributed by atoms with Crippen molar-refractivity contribution in [3.63, 3.8) is 0 Å². The van der Waals surface area contributed by atoms with Gasteiger partial charge in [-0.05, 0) is 49.3 Å². The number of nitrogens with one attached hydrogen (secondary N) is 1. The van der Waals surface area contributed by atoms with Gasteiger partial charge in [-0.1, -0.05) is 32.4 Å². The first-order valence-electron chi connectivity index (χ1n) is 9.80. The van der Waals surface area contributed by atoms with Gasteiger partial charge in [-0.3, -0.25) is 9.69 Å². The van der Waals surface area contributed by atoms with E-state index in [1.165, 1.54) is 11.8 Å². The third kappa shape index (κ3) is 3.95. The molecule has 0 spiro atoms. The number of carboxylic acid groups (broad SMARTS) is 1. The van der Waals surface area contributed by atoms with Crippen molar-refractivity contribution < 1.29 is 9.90 Å². The van der Waals surface area contributed by atoms with Crippen LogP contribution < -0.4 is 5.56 Å². The van der Waals surface area contributed by atoms with E-state index >= 15 is 0 Å². The number of rotatable bonds is 7. The molecule has 154 valence electrons. The van der Waals surface area contributed by atoms with E-state index < -0.39 is 11.5 Å². The highest BCUT2D eigenvalue weighted by Gasteiger charge is 2.18. The molecule has 3 aromatic rings. The molecule has 3 rings (SSSR count). The summed E-state index contributed by atoms with van der Waals surface area (Å²) in [6.45, 7) is 8.99. The van der Waals surface area contributed by atoms with Crippen LogP contribution in [0.4, 0.5) is 0 Å². The minimum atomic E-state index is -1.24. The van der Waals surface area contributed by atoms with Gasteiger partial charge in [-0.15, -0.1) is 0 Å². The van der Waals surface area contributed by atoms with Gasteiger partial charge >= 0.3 is 5.97 Å². The summed E-state index contributed by atoms with van der Waals surface area (Å²) in [5.74, 6) is -1.24. The number of H-pyrrole nitrogens is 1. The Kier molecular flexibility index (Phi) is 6.15. The zero-order valence-electron chi connectivity index (χ0n) is 17.2. The summed E-state index contributed by atoms with van der Waals surface area (Å²) in [5, 5.41) is 10.8. The summed E-state index contributed by atoms with van der Waals surface area (Å²) < 4.78 is 2.14. The van der Waals surface area contributed by atoms with Gasteiger partial charge in [0.1, 0.15) is 5.56 Å². The molecule has 0 unspecified atom stereocenters. The van der Waals surface area contributed by atoms with Crippen LogP contribution in [0.15, 0.2) is 29.1 Å². The molecule has 1 aromatic carbocycles. The molecule has 0 amide bonds. The number of fused-ring (bicyclic) bond motifs is 1. The van der Waals surface area contributed by atoms with Crippen LogP contribution in [-0.2, 0) is 20.0 Å². The molecule has 0 fully saturated rings. The molecule has 0 bridgehead atoms. The fourth-order valence-electron chi connectivity index (χ4n) is 3.69. The lowest BCUT2D eigenvalue weighted by Crippen LogP contribution is -2.23. The molecule has 0 aliphatic carbocycles. The minimum absolute atomic E-state index is 0.260. The largest absolute Gasteiger partial charge is 0.477 e. The SMILES string of the molecule is CCc1cc(C(=O)O)c(=O)[nH]c1-c1cc2cc(CN(CC)CC)n(C)c2cc1Cl. The van der Waals surface area contributed by atoms with E-state index in [-0.39, 0.29) is 5.56 Å². The van der Waals surface area contributed by atoms with Gasteiger partial charge in [0.15, 0.2) is 0 Å². The Bertz CT molecular complexity index is 1130. The van der Waals surface area contributed by atoms with Crippen molar-refractivity contribution in [2.75, 3.05) is 13.1 Å². The van der Waals surface area contributed by atoms with Crippen molar-refractivity contribution in [2.45, 2.75) is 33.7 Å². The van der Waals surface area contributed by atoms with Crippen molar-refractivity contribution in [2.24, 2.45) is 7.05 Å². The molecule has 2 N–H and O–H groups in total. The highest BCUT2D eigenvalue weighted by atomic mass is 35.5. The summed E-state index contributed by atoms with van der Waals surface area (Å²) in [6.07, 6.45) is 0.572. The van der Waals surface area contributed by atoms with Crippen molar-refractivity contribution >= 4 is 28.5 Å². The zero-order valence-corrected chi connectivity index (χ0v) is 17.9. The van der Waals surface area contributed by atoms with E-state index in [1.54, 1.807) is 0 Å². The van der Waals surface area contributed by atoms with Crippen molar-refractivity contribution in [3.8, 4) is 11.3 Å². The topological polar surface area (TPSA) is 78.3 Å². The average Bonchev–Trinajstić information content (AvgIpc) is 2.99. The maximum atomic E-state index is 12.3. The maximum absolute atomic E-state index is 12.3. The van der Waals surface area contributed by atoms with Gasteiger partial charge < -0.3 is 14.7 Å². The second-order valence-corrected chi connectivity index (χ2v) is 7.53. The molecular weight excluding hydrogens is 390 g/mol. The lowest BCUT2D eigenvalue weighted by Gasteiger charge is -2.18. The standard InChI is InChI=1S/C22H26ClN3O3/c1-5-13-9-17(22(28)29)21(27)24-20(13)16-10-14-8-15(12-26(6-2)7-3)25(4)19(14)11-18(16)23/h8-11H,5-7,12H2,1-4H3,(H,24,27)(H,28,29). The van der Waals surface area contributed by atoms with Crippen LogP contribution in [-0.4, -0.2) is 38.6 Å². The van der Waals surface area contributed by atoms with E-state index in [2.05, 4.69) is 34.4 Å². The number of benzene rings is 1. The number of carboxylic acids is 1. The minimum Gasteiger partial charge on any atom is -0.477 e. The molecule has 29 heavy (non-hydrogen) atoms. The Labute approximate surface area is 174 Å². The molecule has 0 atom stereocenters. The van der Waals surface area contributed by atoms with Gasteiger partial charge in [-0.25, -0.2) is 4.79 Å². The lowest BCUT2D eigenvalue weighted by atomic mass is 10.0. The molecule has 6 nitrogen and oxygen atoms in total. The molecule has 0 aliphatic heterocycles. The number of nitrogens with zero attached hydrogens (tertiary/aromatic N) is 2. The first kappa shape index (κ1) is 21.1. The molecule has 0 radical (unpaired) electrons. The average molecular weight is 416 g/mol. The van der Waals surface area contributed by atoms with Crippen molar-refractivity contribution in [3.05, 3.63) is 56.5 Å². The number of aromatic carboxylic acids is 1. The van der Waals surface area contributed by atoms with E-state index in [1.807, 2.05) is 26.1 Å². The van der Waals surface area contributed by atoms with Gasteiger partial charge in [-0.2, -0.15) is 0 Å². The summed E-state index contributed by atoms with van der Waals surface area (Å²) in [5.41, 5.74) is 3.32. The van der Waals surface area contributed by atoms with Crippen LogP contribution in [0, 0.1) is 0 Å². The van der Waals surface area contributed by atoms with Crippen LogP contribution in [0.2, 0.25) is 5.02 Å². The van der Waals surface area contributed by atoms with E-state index in [9.17, 15) is 14.7 Å². The van der Waals surface area contributed by atoms with Gasteiger partial charge in [0.25, 0.3) is 5.56 Å². The first-order chi connectivity index (χ1) is 13.8. The van der Waals surface area contributed by atoms with E-state index in [0.717, 1.165) is 36.1 Å². The molecule has 0 aliphatic rings. The van der Waals surface area contributed by atoms with Crippen molar-refractivity contribution in [1.82, 2.24) is 14.5 Å². The number of carbonyl (C=O) groups is 1. The summed E-state index contributed by atoms with van der Waals surface area (Å²) >= 11 is 6.60. The van der Waals surface area contributed by atoms with Gasteiger partial charge in [0, 0.05) is 35.8 Å². The molecule has 0 saturated heterocycles. The summed E-state index contributed by atoms with van der Waals surface area (Å²) in [6, 6.07) is 7.45. The highest BCUT2D eigenvalue weighted by Crippen LogP contribution is 2.34. The molecule has 2 aromatic heterocycles. The number of aryl methyl sites for hydroxylation is 2. The number of aromatic amines is 1. The molecule has 0 saturated carbocycles. The normalized spacial score (nSPS) is 11.5. The highest BCUT2D eigenvalue weighted by molar-refractivity contribution is 6.34. The third-order valence-corrected chi connectivity index (χ3v) is 5.83. The van der Waals surface area contributed by atoms with Crippen molar-refractivity contribution in [1.29, 1.82) is 0 Å². The fourth-order valence-corrected chi connectivity index (χ4v) is 3.94. The van der Waals surface area contributed by atoms with Crippen LogP contribution in [0.3, 0.4) is 0 Å². The monoisotopic (exact) mass is 415 g/mol. The van der Waals surface area contributed by atoms with Crippen LogP contribution >= 0.6 is 11.6 Å². The Morgan fingerprint density at radius 1 is 1.17 bits per heavy atom. The Balaban J connectivity index is 2.16. The van der Waals surface area contributed by atoms with E-state index in [4.69, 9.17) is 11.6 Å². The molecule has 7 heteroatoms. The number of hydrogen-bond acceptors (Lipinski definition) is 3. The second kappa shape index (κ2) is 8.43. The quantitative estimate of drug-likeness (QED) is 0.603. The number of aromatic nitrogens is 2. The summed E-state index contributed by atoms with van der Waals surface area (Å²) in [7, 11) is 2.03. The third-order valence-electron chi connectivity index (χ3n) is 5.51. The molecular formula is C22H26ClN3O3. The van der Waals surface area contributed by atoms with Gasteiger partial charge in [0.05, 0.1) is 10.7 Å². The predicted octanol–water partition coefficient (Wildman–Crippen LogP) is 4.29. The maximum Gasteiger partial charge on any atom is 0.341 e. The Morgan fingerprint density at radius 2 is 1.86 bits per heavy atom. The van der Waals surface area contributed by atoms with Gasteiger partial charge in [0.2, 0.25) is 0 Å². The second-order valence-electron chi connectivity index (χ2n) is 7.12. The van der Waals surface area contributed by atoms with Crippen LogP contribution in [0.5, 0.6) is 0 Å². The number of hydrogen-bond donors (Lipinski definition) is 2. The van der Waals surface area contributed by atoms with E-state index in [0.29, 0.717) is 22.7 Å². The fraction of sp³-hybridized carbons (Fsp3) is 0.364. The van der Waals surface area contributed by atoms with Crippen LogP contribution in [0.1, 0.15) is 42.4 Å². The van der Waals surface area contributed by atoms with Crippen LogP contribution in [0.25, 0.3) is 22.2 Å². The summed E-state index contributed by atoms with van der Waals surface area (Å²) in [4.78, 5) is 28.6.